The third-order valence-corrected chi connectivity index (χ3v) is 11.5. The Morgan fingerprint density at radius 3 is 1.35 bits per heavy atom. The van der Waals surface area contributed by atoms with E-state index in [9.17, 15) is 5.26 Å². The van der Waals surface area contributed by atoms with E-state index in [1.165, 1.54) is 5.56 Å². The Labute approximate surface area is 364 Å². The van der Waals surface area contributed by atoms with E-state index in [4.69, 9.17) is 19.4 Å². The Balaban J connectivity index is 1.08. The number of aromatic nitrogens is 3. The first-order valence-corrected chi connectivity index (χ1v) is 20.9. The lowest BCUT2D eigenvalue weighted by Crippen LogP contribution is -2.01. The van der Waals surface area contributed by atoms with Crippen molar-refractivity contribution in [3.8, 4) is 95.9 Å². The first-order chi connectivity index (χ1) is 31.1. The van der Waals surface area contributed by atoms with Crippen LogP contribution in [-0.2, 0) is 0 Å². The molecule has 0 saturated carbocycles. The van der Waals surface area contributed by atoms with Gasteiger partial charge in [0.15, 0.2) is 17.5 Å². The smallest absolute Gasteiger partial charge is 0.164 e. The van der Waals surface area contributed by atoms with E-state index in [2.05, 4.69) is 158 Å². The monoisotopic (exact) mass is 804 g/mol. The summed E-state index contributed by atoms with van der Waals surface area (Å²) in [5.41, 5.74) is 15.6. The van der Waals surface area contributed by atoms with Gasteiger partial charge in [0.25, 0.3) is 0 Å². The van der Waals surface area contributed by atoms with E-state index in [1.54, 1.807) is 0 Å². The number of hydrogen-bond acceptors (Lipinski definition) is 5. The molecule has 0 aliphatic heterocycles. The summed E-state index contributed by atoms with van der Waals surface area (Å²) in [6.07, 6.45) is 0. The van der Waals surface area contributed by atoms with Crippen molar-refractivity contribution in [3.63, 3.8) is 0 Å². The van der Waals surface area contributed by atoms with Crippen molar-refractivity contribution in [3.05, 3.63) is 224 Å². The van der Waals surface area contributed by atoms with Gasteiger partial charge in [0.1, 0.15) is 11.2 Å². The van der Waals surface area contributed by atoms with Crippen molar-refractivity contribution < 1.29 is 4.42 Å². The summed E-state index contributed by atoms with van der Waals surface area (Å²) in [6, 6.07) is 77.0. The van der Waals surface area contributed by atoms with E-state index < -0.39 is 0 Å². The van der Waals surface area contributed by atoms with Gasteiger partial charge in [-0.15, -0.1) is 0 Å². The Kier molecular flexibility index (Phi) is 9.50. The highest BCUT2D eigenvalue weighted by Crippen LogP contribution is 2.40. The van der Waals surface area contributed by atoms with Gasteiger partial charge in [-0.2, -0.15) is 5.26 Å². The first kappa shape index (κ1) is 37.3. The fourth-order valence-corrected chi connectivity index (χ4v) is 8.39. The normalized spacial score (nSPS) is 11.2. The molecule has 0 unspecified atom stereocenters. The Morgan fingerprint density at radius 2 is 0.746 bits per heavy atom. The minimum atomic E-state index is 0.531. The number of nitrogens with zero attached hydrogens (tertiary/aromatic N) is 4. The van der Waals surface area contributed by atoms with Crippen LogP contribution in [0.15, 0.2) is 223 Å². The van der Waals surface area contributed by atoms with Gasteiger partial charge in [0, 0.05) is 27.5 Å². The SMILES string of the molecule is N#Cc1ccc(-c2cccc(-c3nc(-c4cc(-c5ccccc5)cc(-c5ccccc5)c4)nc(-c4ccc5c(c4)oc4cccc(-c6cccc(-c7ccccc7)c6)c45)n3)c2)cc1. The average molecular weight is 805 g/mol. The summed E-state index contributed by atoms with van der Waals surface area (Å²) >= 11 is 0. The van der Waals surface area contributed by atoms with Crippen LogP contribution in [-0.4, -0.2) is 15.0 Å². The highest BCUT2D eigenvalue weighted by atomic mass is 16.3. The molecule has 63 heavy (non-hydrogen) atoms. The average Bonchev–Trinajstić information content (AvgIpc) is 3.75. The van der Waals surface area contributed by atoms with Gasteiger partial charge < -0.3 is 4.42 Å². The van der Waals surface area contributed by atoms with E-state index >= 15 is 0 Å². The summed E-state index contributed by atoms with van der Waals surface area (Å²) in [4.78, 5) is 15.6. The zero-order valence-corrected chi connectivity index (χ0v) is 34.0. The van der Waals surface area contributed by atoms with Crippen LogP contribution in [0.4, 0.5) is 0 Å². The Hall–Kier alpha value is -8.72. The molecule has 5 heteroatoms. The molecule has 0 saturated heterocycles. The molecule has 0 fully saturated rings. The van der Waals surface area contributed by atoms with Crippen LogP contribution in [0, 0.1) is 11.3 Å². The van der Waals surface area contributed by atoms with E-state index in [0.29, 0.717) is 23.0 Å². The molecule has 0 radical (unpaired) electrons. The molecule has 0 amide bonds. The van der Waals surface area contributed by atoms with Gasteiger partial charge in [-0.1, -0.05) is 158 Å². The molecule has 5 nitrogen and oxygen atoms in total. The summed E-state index contributed by atoms with van der Waals surface area (Å²) in [7, 11) is 0. The molecule has 2 heterocycles. The molecule has 0 N–H and O–H groups in total. The third kappa shape index (κ3) is 7.33. The second-order valence-corrected chi connectivity index (χ2v) is 15.5. The molecular weight excluding hydrogens is 769 g/mol. The second-order valence-electron chi connectivity index (χ2n) is 15.5. The molecule has 2 aromatic heterocycles. The highest BCUT2D eigenvalue weighted by Gasteiger charge is 2.18. The molecule has 11 aromatic rings. The maximum absolute atomic E-state index is 9.42. The van der Waals surface area contributed by atoms with Crippen molar-refractivity contribution in [2.75, 3.05) is 0 Å². The van der Waals surface area contributed by atoms with Crippen LogP contribution >= 0.6 is 0 Å². The maximum Gasteiger partial charge on any atom is 0.164 e. The number of furan rings is 1. The first-order valence-electron chi connectivity index (χ1n) is 20.9. The van der Waals surface area contributed by atoms with Gasteiger partial charge in [0.05, 0.1) is 11.6 Å². The molecule has 0 bridgehead atoms. The fraction of sp³-hybridized carbons (Fsp3) is 0. The molecule has 0 aliphatic carbocycles. The van der Waals surface area contributed by atoms with Crippen molar-refractivity contribution in [2.45, 2.75) is 0 Å². The fourth-order valence-electron chi connectivity index (χ4n) is 8.39. The molecule has 0 aliphatic rings. The van der Waals surface area contributed by atoms with Crippen molar-refractivity contribution >= 4 is 21.9 Å². The minimum absolute atomic E-state index is 0.531. The van der Waals surface area contributed by atoms with E-state index in [0.717, 1.165) is 88.7 Å². The number of rotatable bonds is 8. The number of fused-ring (bicyclic) bond motifs is 3. The van der Waals surface area contributed by atoms with Crippen LogP contribution < -0.4 is 0 Å². The number of nitriles is 1. The Bertz CT molecular complexity index is 3440. The zero-order valence-electron chi connectivity index (χ0n) is 34.0. The Morgan fingerprint density at radius 1 is 0.317 bits per heavy atom. The lowest BCUT2D eigenvalue weighted by molar-refractivity contribution is 0.669. The lowest BCUT2D eigenvalue weighted by Gasteiger charge is -2.13. The summed E-state index contributed by atoms with van der Waals surface area (Å²) in [5.74, 6) is 1.63. The van der Waals surface area contributed by atoms with Gasteiger partial charge in [0.2, 0.25) is 0 Å². The topological polar surface area (TPSA) is 75.6 Å². The van der Waals surface area contributed by atoms with Crippen molar-refractivity contribution in [1.29, 1.82) is 5.26 Å². The van der Waals surface area contributed by atoms with Gasteiger partial charge >= 0.3 is 0 Å². The number of benzene rings is 9. The van der Waals surface area contributed by atoms with E-state index in [-0.39, 0.29) is 0 Å². The summed E-state index contributed by atoms with van der Waals surface area (Å²) < 4.78 is 6.64. The maximum atomic E-state index is 9.42. The molecule has 11 rings (SSSR count). The van der Waals surface area contributed by atoms with E-state index in [1.807, 2.05) is 66.7 Å². The van der Waals surface area contributed by atoms with Crippen molar-refractivity contribution in [1.82, 2.24) is 15.0 Å². The molecule has 0 spiro atoms. The van der Waals surface area contributed by atoms with Crippen LogP contribution in [0.2, 0.25) is 0 Å². The molecule has 9 aromatic carbocycles. The second kappa shape index (κ2) is 16.0. The van der Waals surface area contributed by atoms with Crippen LogP contribution in [0.25, 0.3) is 112 Å². The summed E-state index contributed by atoms with van der Waals surface area (Å²) in [6.45, 7) is 0. The van der Waals surface area contributed by atoms with Crippen molar-refractivity contribution in [2.24, 2.45) is 0 Å². The highest BCUT2D eigenvalue weighted by molar-refractivity contribution is 6.13. The van der Waals surface area contributed by atoms with Crippen LogP contribution in [0.1, 0.15) is 5.56 Å². The van der Waals surface area contributed by atoms with Gasteiger partial charge in [-0.25, -0.2) is 15.0 Å². The summed E-state index contributed by atoms with van der Waals surface area (Å²) in [5, 5.41) is 11.5. The molecule has 294 valence electrons. The van der Waals surface area contributed by atoms with Gasteiger partial charge in [-0.05, 0) is 116 Å². The van der Waals surface area contributed by atoms with Crippen LogP contribution in [0.5, 0.6) is 0 Å². The third-order valence-electron chi connectivity index (χ3n) is 11.5. The number of hydrogen-bond donors (Lipinski definition) is 0. The minimum Gasteiger partial charge on any atom is -0.456 e. The van der Waals surface area contributed by atoms with Gasteiger partial charge in [-0.3, -0.25) is 0 Å². The standard InChI is InChI=1S/C58H36N4O/c59-37-38-25-27-42(28-26-38)44-20-11-22-46(32-44)56-60-57(62-58(61-56)50-34-48(40-15-6-2-7-16-40)33-49(35-50)41-17-8-3-9-18-41)47-29-30-52-54(36-47)63-53-24-12-23-51(55(52)53)45-21-10-19-43(31-45)39-13-4-1-5-14-39/h1-36H. The molecule has 0 atom stereocenters. The quantitative estimate of drug-likeness (QED) is 0.153. The zero-order chi connectivity index (χ0) is 42.1. The largest absolute Gasteiger partial charge is 0.456 e. The molecular formula is C58H36N4O. The predicted octanol–water partition coefficient (Wildman–Crippen LogP) is 15.0. The lowest BCUT2D eigenvalue weighted by atomic mass is 9.95. The van der Waals surface area contributed by atoms with Crippen LogP contribution in [0.3, 0.4) is 0 Å². The predicted molar refractivity (Wildman–Crippen MR) is 255 cm³/mol.